The average molecular weight is 394 g/mol. The quantitative estimate of drug-likeness (QED) is 0.779. The highest BCUT2D eigenvalue weighted by atomic mass is 19.4. The third-order valence-electron chi connectivity index (χ3n) is 3.99. The lowest BCUT2D eigenvalue weighted by Gasteiger charge is -2.25. The molecule has 8 nitrogen and oxygen atoms in total. The van der Waals surface area contributed by atoms with Gasteiger partial charge in [0, 0.05) is 6.20 Å². The minimum Gasteiger partial charge on any atom is -0.383 e. The summed E-state index contributed by atoms with van der Waals surface area (Å²) in [6.45, 7) is 3.80. The number of alkyl halides is 3. The summed E-state index contributed by atoms with van der Waals surface area (Å²) in [5.74, 6) is -1.98. The first-order valence-electron chi connectivity index (χ1n) is 8.18. The number of nitrogen functional groups attached to an aromatic ring is 1. The van der Waals surface area contributed by atoms with Crippen LogP contribution < -0.4 is 20.9 Å². The van der Waals surface area contributed by atoms with Crippen LogP contribution in [-0.4, -0.2) is 40.3 Å². The lowest BCUT2D eigenvalue weighted by molar-refractivity contribution is -0.122. The lowest BCUT2D eigenvalue weighted by atomic mass is 10.1. The van der Waals surface area contributed by atoms with Gasteiger partial charge < -0.3 is 11.1 Å². The molecule has 2 aromatic rings. The minimum atomic E-state index is -4.98. The molecule has 0 bridgehead atoms. The molecule has 0 saturated carbocycles. The second-order valence-electron chi connectivity index (χ2n) is 6.81. The molecular weight excluding hydrogens is 377 g/mol. The molecule has 2 heterocycles. The number of para-hydroxylation sites is 1. The van der Waals surface area contributed by atoms with Crippen LogP contribution in [0.1, 0.15) is 24.2 Å². The van der Waals surface area contributed by atoms with Crippen molar-refractivity contribution < 1.29 is 22.8 Å². The third-order valence-corrected chi connectivity index (χ3v) is 3.99. The molecule has 1 saturated heterocycles. The maximum absolute atomic E-state index is 13.5. The zero-order chi connectivity index (χ0) is 20.7. The molecule has 0 aliphatic carbocycles. The van der Waals surface area contributed by atoms with Crippen molar-refractivity contribution in [2.45, 2.75) is 25.7 Å². The van der Waals surface area contributed by atoms with Gasteiger partial charge in [-0.1, -0.05) is 18.2 Å². The van der Waals surface area contributed by atoms with Crippen molar-refractivity contribution >= 4 is 29.4 Å². The van der Waals surface area contributed by atoms with Gasteiger partial charge in [0.2, 0.25) is 5.95 Å². The molecule has 1 fully saturated rings. The van der Waals surface area contributed by atoms with E-state index >= 15 is 0 Å². The molecule has 0 unspecified atom stereocenters. The van der Waals surface area contributed by atoms with Crippen LogP contribution in [0.5, 0.6) is 0 Å². The fourth-order valence-electron chi connectivity index (χ4n) is 2.78. The molecule has 3 N–H and O–H groups in total. The largest absolute Gasteiger partial charge is 0.491 e. The molecule has 28 heavy (non-hydrogen) atoms. The molecular formula is C17H17F3N6O2. The predicted octanol–water partition coefficient (Wildman–Crippen LogP) is 2.53. The summed E-state index contributed by atoms with van der Waals surface area (Å²) in [6.07, 6.45) is -4.09. The Labute approximate surface area is 158 Å². The van der Waals surface area contributed by atoms with E-state index in [1.807, 2.05) is 0 Å². The standard InChI is InChI=1S/C17H17F3N6O2/c1-16(2)9-25(15(28)24-16)14-22-8-11(12(21)23-14)13(27)26(17(18,19)20)10-6-4-3-5-7-10/h3-8H,9H2,1-2H3,(H,24,28)(H2,21,22,23). The first kappa shape index (κ1) is 19.4. The van der Waals surface area contributed by atoms with Crippen molar-refractivity contribution in [1.82, 2.24) is 15.3 Å². The Balaban J connectivity index is 1.95. The molecule has 3 amide bonds. The van der Waals surface area contributed by atoms with E-state index in [-0.39, 0.29) is 23.1 Å². The van der Waals surface area contributed by atoms with E-state index in [9.17, 15) is 22.8 Å². The number of rotatable bonds is 3. The number of amides is 3. The van der Waals surface area contributed by atoms with Crippen LogP contribution in [0.15, 0.2) is 36.5 Å². The van der Waals surface area contributed by atoms with Gasteiger partial charge in [0.05, 0.1) is 17.8 Å². The van der Waals surface area contributed by atoms with Gasteiger partial charge in [-0.05, 0) is 26.0 Å². The third kappa shape index (κ3) is 3.68. The van der Waals surface area contributed by atoms with Gasteiger partial charge in [-0.2, -0.15) is 4.98 Å². The van der Waals surface area contributed by atoms with Crippen molar-refractivity contribution in [3.8, 4) is 0 Å². The maximum atomic E-state index is 13.5. The topological polar surface area (TPSA) is 104 Å². The smallest absolute Gasteiger partial charge is 0.383 e. The van der Waals surface area contributed by atoms with E-state index in [0.717, 1.165) is 18.3 Å². The van der Waals surface area contributed by atoms with Crippen LogP contribution in [-0.2, 0) is 0 Å². The number of nitrogens with zero attached hydrogens (tertiary/aromatic N) is 4. The fourth-order valence-corrected chi connectivity index (χ4v) is 2.78. The van der Waals surface area contributed by atoms with E-state index in [4.69, 9.17) is 5.73 Å². The highest BCUT2D eigenvalue weighted by Gasteiger charge is 2.44. The summed E-state index contributed by atoms with van der Waals surface area (Å²) in [5, 5.41) is 2.70. The summed E-state index contributed by atoms with van der Waals surface area (Å²) in [4.78, 5) is 33.2. The predicted molar refractivity (Wildman–Crippen MR) is 95.7 cm³/mol. The minimum absolute atomic E-state index is 0.101. The number of carbonyl (C=O) groups is 2. The van der Waals surface area contributed by atoms with Gasteiger partial charge in [0.1, 0.15) is 11.4 Å². The lowest BCUT2D eigenvalue weighted by Crippen LogP contribution is -2.43. The molecule has 11 heteroatoms. The summed E-state index contributed by atoms with van der Waals surface area (Å²) in [5.41, 5.74) is 4.30. The van der Waals surface area contributed by atoms with Gasteiger partial charge in [0.15, 0.2) is 0 Å². The number of aromatic nitrogens is 2. The number of benzene rings is 1. The van der Waals surface area contributed by atoms with Crippen molar-refractivity contribution in [3.05, 3.63) is 42.1 Å². The SMILES string of the molecule is CC1(C)CN(c2ncc(C(=O)N(c3ccccc3)C(F)(F)F)c(N)n2)C(=O)N1. The number of anilines is 3. The molecule has 1 aliphatic heterocycles. The number of urea groups is 1. The van der Waals surface area contributed by atoms with Crippen LogP contribution in [0, 0.1) is 0 Å². The van der Waals surface area contributed by atoms with E-state index in [0.29, 0.717) is 0 Å². The molecule has 3 rings (SSSR count). The van der Waals surface area contributed by atoms with Gasteiger partial charge in [-0.15, -0.1) is 13.2 Å². The first-order valence-corrected chi connectivity index (χ1v) is 8.18. The summed E-state index contributed by atoms with van der Waals surface area (Å²) in [7, 11) is 0. The summed E-state index contributed by atoms with van der Waals surface area (Å²) < 4.78 is 40.5. The monoisotopic (exact) mass is 394 g/mol. The second-order valence-corrected chi connectivity index (χ2v) is 6.81. The van der Waals surface area contributed by atoms with Gasteiger partial charge in [-0.3, -0.25) is 9.69 Å². The summed E-state index contributed by atoms with van der Waals surface area (Å²) in [6, 6.07) is 6.10. The van der Waals surface area contributed by atoms with E-state index < -0.39 is 35.2 Å². The number of halogens is 3. The first-order chi connectivity index (χ1) is 13.0. The second kappa shape index (κ2) is 6.66. The number of hydrogen-bond acceptors (Lipinski definition) is 5. The van der Waals surface area contributed by atoms with Crippen LogP contribution in [0.25, 0.3) is 0 Å². The zero-order valence-electron chi connectivity index (χ0n) is 15.0. The highest BCUT2D eigenvalue weighted by Crippen LogP contribution is 2.31. The van der Waals surface area contributed by atoms with Crippen molar-refractivity contribution in [2.24, 2.45) is 0 Å². The number of hydrogen-bond donors (Lipinski definition) is 2. The molecule has 0 radical (unpaired) electrons. The van der Waals surface area contributed by atoms with Gasteiger partial charge in [0.25, 0.3) is 5.91 Å². The molecule has 1 aliphatic rings. The highest BCUT2D eigenvalue weighted by molar-refractivity contribution is 6.09. The Bertz CT molecular complexity index is 917. The van der Waals surface area contributed by atoms with Crippen LogP contribution in [0.4, 0.5) is 35.4 Å². The Morgan fingerprint density at radius 2 is 1.93 bits per heavy atom. The van der Waals surface area contributed by atoms with Crippen LogP contribution in [0.2, 0.25) is 0 Å². The van der Waals surface area contributed by atoms with Gasteiger partial charge in [-0.25, -0.2) is 14.7 Å². The number of carbonyl (C=O) groups excluding carboxylic acids is 2. The summed E-state index contributed by atoms with van der Waals surface area (Å²) >= 11 is 0. The number of nitrogens with two attached hydrogens (primary N) is 1. The van der Waals surface area contributed by atoms with Crippen LogP contribution >= 0.6 is 0 Å². The maximum Gasteiger partial charge on any atom is 0.491 e. The Morgan fingerprint density at radius 1 is 1.29 bits per heavy atom. The van der Waals surface area contributed by atoms with Crippen LogP contribution in [0.3, 0.4) is 0 Å². The molecule has 148 valence electrons. The Kier molecular flexibility index (Phi) is 4.61. The number of nitrogens with one attached hydrogen (secondary N) is 1. The molecule has 1 aromatic heterocycles. The van der Waals surface area contributed by atoms with E-state index in [1.165, 1.54) is 23.1 Å². The van der Waals surface area contributed by atoms with E-state index in [1.54, 1.807) is 13.8 Å². The zero-order valence-corrected chi connectivity index (χ0v) is 15.0. The Hall–Kier alpha value is -3.37. The average Bonchev–Trinajstić information content (AvgIpc) is 2.87. The fraction of sp³-hybridized carbons (Fsp3) is 0.294. The van der Waals surface area contributed by atoms with Crippen molar-refractivity contribution in [2.75, 3.05) is 22.1 Å². The van der Waals surface area contributed by atoms with E-state index in [2.05, 4.69) is 15.3 Å². The Morgan fingerprint density at radius 3 is 2.43 bits per heavy atom. The molecule has 0 atom stereocenters. The molecule has 1 aromatic carbocycles. The molecule has 0 spiro atoms. The van der Waals surface area contributed by atoms with Crippen molar-refractivity contribution in [3.63, 3.8) is 0 Å². The van der Waals surface area contributed by atoms with Crippen molar-refractivity contribution in [1.29, 1.82) is 0 Å². The normalized spacial score (nSPS) is 16.0. The van der Waals surface area contributed by atoms with Gasteiger partial charge >= 0.3 is 12.3 Å².